The lowest BCUT2D eigenvalue weighted by atomic mass is 10.1. The molecule has 0 aromatic heterocycles. The summed E-state index contributed by atoms with van der Waals surface area (Å²) < 4.78 is 24.9. The monoisotopic (exact) mass is 352 g/mol. The lowest BCUT2D eigenvalue weighted by Gasteiger charge is -2.10. The van der Waals surface area contributed by atoms with Crippen LogP contribution < -0.4 is 10.0 Å². The molecule has 0 aliphatic rings. The maximum Gasteiger partial charge on any atom is 0.251 e. The average molecular weight is 353 g/mol. The number of carbonyl (C=O) groups excluding carboxylic acids is 1. The van der Waals surface area contributed by atoms with E-state index in [4.69, 9.17) is 11.6 Å². The average Bonchev–Trinajstić information content (AvgIpc) is 2.46. The van der Waals surface area contributed by atoms with Crippen molar-refractivity contribution in [1.82, 2.24) is 5.32 Å². The number of aryl methyl sites for hydroxylation is 1. The Labute approximate surface area is 140 Å². The lowest BCUT2D eigenvalue weighted by molar-refractivity contribution is 0.0951. The molecule has 0 unspecified atom stereocenters. The molecule has 7 heteroatoms. The van der Waals surface area contributed by atoms with Gasteiger partial charge in [0.15, 0.2) is 0 Å². The van der Waals surface area contributed by atoms with Gasteiger partial charge in [-0.3, -0.25) is 9.52 Å². The zero-order valence-electron chi connectivity index (χ0n) is 12.8. The van der Waals surface area contributed by atoms with Crippen LogP contribution in [-0.4, -0.2) is 20.6 Å². The number of amides is 1. The van der Waals surface area contributed by atoms with E-state index < -0.39 is 10.0 Å². The number of sulfonamides is 1. The van der Waals surface area contributed by atoms with Crippen molar-refractivity contribution < 1.29 is 13.2 Å². The number of carbonyl (C=O) groups is 1. The van der Waals surface area contributed by atoms with Crippen LogP contribution in [0.2, 0.25) is 5.02 Å². The second kappa shape index (κ2) is 7.02. The predicted molar refractivity (Wildman–Crippen MR) is 92.3 cm³/mol. The van der Waals surface area contributed by atoms with Crippen LogP contribution in [0.4, 0.5) is 5.69 Å². The molecule has 0 spiro atoms. The van der Waals surface area contributed by atoms with Gasteiger partial charge in [-0.15, -0.1) is 0 Å². The van der Waals surface area contributed by atoms with E-state index in [1.807, 2.05) is 31.2 Å². The van der Waals surface area contributed by atoms with Gasteiger partial charge in [-0.2, -0.15) is 0 Å². The highest BCUT2D eigenvalue weighted by Crippen LogP contribution is 2.24. The van der Waals surface area contributed by atoms with Gasteiger partial charge in [0.2, 0.25) is 10.0 Å². The largest absolute Gasteiger partial charge is 0.348 e. The van der Waals surface area contributed by atoms with Gasteiger partial charge in [0, 0.05) is 12.1 Å². The highest BCUT2D eigenvalue weighted by molar-refractivity contribution is 7.92. The summed E-state index contributed by atoms with van der Waals surface area (Å²) >= 11 is 5.94. The molecule has 2 aromatic rings. The van der Waals surface area contributed by atoms with E-state index in [-0.39, 0.29) is 16.6 Å². The summed E-state index contributed by atoms with van der Waals surface area (Å²) in [5, 5.41) is 3.02. The minimum absolute atomic E-state index is 0.178. The van der Waals surface area contributed by atoms with Crippen LogP contribution in [0.5, 0.6) is 0 Å². The zero-order chi connectivity index (χ0) is 17.0. The van der Waals surface area contributed by atoms with E-state index >= 15 is 0 Å². The van der Waals surface area contributed by atoms with Gasteiger partial charge in [0.25, 0.3) is 5.91 Å². The highest BCUT2D eigenvalue weighted by Gasteiger charge is 2.11. The molecular formula is C16H17ClN2O3S. The van der Waals surface area contributed by atoms with E-state index in [1.54, 1.807) is 6.07 Å². The summed E-state index contributed by atoms with van der Waals surface area (Å²) in [7, 11) is -3.47. The van der Waals surface area contributed by atoms with Crippen molar-refractivity contribution in [1.29, 1.82) is 0 Å². The van der Waals surface area contributed by atoms with Crippen molar-refractivity contribution in [3.05, 3.63) is 64.2 Å². The van der Waals surface area contributed by atoms with Gasteiger partial charge in [0.05, 0.1) is 17.0 Å². The molecule has 1 amide bonds. The molecule has 122 valence electrons. The number of hydrogen-bond acceptors (Lipinski definition) is 3. The fourth-order valence-corrected chi connectivity index (χ4v) is 2.84. The van der Waals surface area contributed by atoms with E-state index in [1.165, 1.54) is 12.1 Å². The Morgan fingerprint density at radius 2 is 1.91 bits per heavy atom. The van der Waals surface area contributed by atoms with Crippen LogP contribution in [-0.2, 0) is 16.6 Å². The first-order chi connectivity index (χ1) is 10.7. The first-order valence-electron chi connectivity index (χ1n) is 6.86. The lowest BCUT2D eigenvalue weighted by Crippen LogP contribution is -2.23. The third-order valence-electron chi connectivity index (χ3n) is 3.06. The van der Waals surface area contributed by atoms with Gasteiger partial charge < -0.3 is 5.32 Å². The molecule has 0 saturated heterocycles. The SMILES string of the molecule is Cc1cccc(CNC(=O)c2ccc(Cl)c(NS(C)(=O)=O)c2)c1. The molecule has 23 heavy (non-hydrogen) atoms. The van der Waals surface area contributed by atoms with E-state index in [0.717, 1.165) is 17.4 Å². The van der Waals surface area contributed by atoms with Crippen LogP contribution in [0.15, 0.2) is 42.5 Å². The number of hydrogen-bond donors (Lipinski definition) is 2. The van der Waals surface area contributed by atoms with Crippen LogP contribution in [0, 0.1) is 6.92 Å². The van der Waals surface area contributed by atoms with Crippen molar-refractivity contribution in [3.63, 3.8) is 0 Å². The molecular weight excluding hydrogens is 336 g/mol. The van der Waals surface area contributed by atoms with Crippen LogP contribution >= 0.6 is 11.6 Å². The second-order valence-electron chi connectivity index (χ2n) is 5.24. The fraction of sp³-hybridized carbons (Fsp3) is 0.188. The van der Waals surface area contributed by atoms with Gasteiger partial charge in [-0.25, -0.2) is 8.42 Å². The summed E-state index contributed by atoms with van der Waals surface area (Å²) in [5.74, 6) is -0.306. The molecule has 0 saturated carbocycles. The Morgan fingerprint density at radius 3 is 2.57 bits per heavy atom. The Balaban J connectivity index is 2.12. The minimum atomic E-state index is -3.47. The van der Waals surface area contributed by atoms with E-state index in [0.29, 0.717) is 12.1 Å². The number of halogens is 1. The molecule has 0 fully saturated rings. The van der Waals surface area contributed by atoms with Gasteiger partial charge >= 0.3 is 0 Å². The molecule has 2 rings (SSSR count). The smallest absolute Gasteiger partial charge is 0.251 e. The number of rotatable bonds is 5. The fourth-order valence-electron chi connectivity index (χ4n) is 2.05. The third-order valence-corrected chi connectivity index (χ3v) is 3.98. The van der Waals surface area contributed by atoms with Crippen molar-refractivity contribution in [2.24, 2.45) is 0 Å². The summed E-state index contributed by atoms with van der Waals surface area (Å²) in [6, 6.07) is 12.2. The standard InChI is InChI=1S/C16H17ClN2O3S/c1-11-4-3-5-12(8-11)10-18-16(20)13-6-7-14(17)15(9-13)19-23(2,21)22/h3-9,19H,10H2,1-2H3,(H,18,20). The Hall–Kier alpha value is -2.05. The maximum absolute atomic E-state index is 12.2. The molecule has 2 N–H and O–H groups in total. The maximum atomic E-state index is 12.2. The van der Waals surface area contributed by atoms with Gasteiger partial charge in [0.1, 0.15) is 0 Å². The molecule has 2 aromatic carbocycles. The van der Waals surface area contributed by atoms with E-state index in [2.05, 4.69) is 10.0 Å². The van der Waals surface area contributed by atoms with Gasteiger partial charge in [-0.1, -0.05) is 41.4 Å². The van der Waals surface area contributed by atoms with Crippen molar-refractivity contribution in [2.45, 2.75) is 13.5 Å². The first kappa shape index (κ1) is 17.3. The van der Waals surface area contributed by atoms with E-state index in [9.17, 15) is 13.2 Å². The molecule has 0 bridgehead atoms. The van der Waals surface area contributed by atoms with Crippen molar-refractivity contribution in [2.75, 3.05) is 11.0 Å². The molecule has 0 radical (unpaired) electrons. The molecule has 0 heterocycles. The third kappa shape index (κ3) is 5.26. The number of nitrogens with one attached hydrogen (secondary N) is 2. The summed E-state index contributed by atoms with van der Waals surface area (Å²) in [6.45, 7) is 2.37. The number of anilines is 1. The summed E-state index contributed by atoms with van der Waals surface area (Å²) in [6.07, 6.45) is 1.02. The summed E-state index contributed by atoms with van der Waals surface area (Å²) in [4.78, 5) is 12.2. The first-order valence-corrected chi connectivity index (χ1v) is 9.12. The topological polar surface area (TPSA) is 75.3 Å². The summed E-state index contributed by atoms with van der Waals surface area (Å²) in [5.41, 5.74) is 2.61. The molecule has 0 aliphatic heterocycles. The quantitative estimate of drug-likeness (QED) is 0.868. The van der Waals surface area contributed by atoms with Crippen molar-refractivity contribution >= 4 is 33.2 Å². The van der Waals surface area contributed by atoms with Crippen LogP contribution in [0.1, 0.15) is 21.5 Å². The predicted octanol–water partition coefficient (Wildman–Crippen LogP) is 2.95. The zero-order valence-corrected chi connectivity index (χ0v) is 14.3. The highest BCUT2D eigenvalue weighted by atomic mass is 35.5. The molecule has 0 atom stereocenters. The van der Waals surface area contributed by atoms with Crippen LogP contribution in [0.25, 0.3) is 0 Å². The Bertz CT molecular complexity index is 835. The van der Waals surface area contributed by atoms with Gasteiger partial charge in [-0.05, 0) is 30.7 Å². The normalized spacial score (nSPS) is 11.1. The second-order valence-corrected chi connectivity index (χ2v) is 7.40. The number of benzene rings is 2. The Morgan fingerprint density at radius 1 is 1.17 bits per heavy atom. The molecule has 5 nitrogen and oxygen atoms in total. The van der Waals surface area contributed by atoms with Crippen LogP contribution in [0.3, 0.4) is 0 Å². The minimum Gasteiger partial charge on any atom is -0.348 e. The molecule has 0 aliphatic carbocycles. The Kier molecular flexibility index (Phi) is 5.28. The van der Waals surface area contributed by atoms with Crippen molar-refractivity contribution in [3.8, 4) is 0 Å².